The second kappa shape index (κ2) is 6.89. The van der Waals surface area contributed by atoms with Gasteiger partial charge in [0.1, 0.15) is 5.75 Å². The van der Waals surface area contributed by atoms with Gasteiger partial charge in [0.15, 0.2) is 5.82 Å². The summed E-state index contributed by atoms with van der Waals surface area (Å²) in [6.45, 7) is 4.56. The first-order chi connectivity index (χ1) is 13.2. The molecular weight excluding hydrogens is 373 g/mol. The lowest BCUT2D eigenvalue weighted by atomic mass is 10.0. The third-order valence-electron chi connectivity index (χ3n) is 5.33. The van der Waals surface area contributed by atoms with Crippen molar-refractivity contribution in [1.82, 2.24) is 15.1 Å². The summed E-state index contributed by atoms with van der Waals surface area (Å²) in [7, 11) is 2.05. The number of fused-ring (bicyclic) bond motifs is 1. The van der Waals surface area contributed by atoms with Gasteiger partial charge >= 0.3 is 6.18 Å². The van der Waals surface area contributed by atoms with Crippen LogP contribution in [0, 0.1) is 6.92 Å². The molecule has 4 rings (SSSR count). The Labute approximate surface area is 160 Å². The van der Waals surface area contributed by atoms with Gasteiger partial charge in [-0.2, -0.15) is 13.2 Å². The highest BCUT2D eigenvalue weighted by Gasteiger charge is 2.39. The Hall–Kier alpha value is -2.39. The van der Waals surface area contributed by atoms with E-state index in [1.165, 1.54) is 6.92 Å². The predicted octanol–water partition coefficient (Wildman–Crippen LogP) is 2.70. The van der Waals surface area contributed by atoms with E-state index in [1.54, 1.807) is 12.1 Å². The largest absolute Gasteiger partial charge is 0.507 e. The summed E-state index contributed by atoms with van der Waals surface area (Å²) in [5.74, 6) is 0.236. The highest BCUT2D eigenvalue weighted by Crippen LogP contribution is 2.38. The van der Waals surface area contributed by atoms with Crippen LogP contribution in [0.4, 0.5) is 19.0 Å². The minimum atomic E-state index is -4.52. The molecule has 0 aliphatic carbocycles. The first kappa shape index (κ1) is 18.9. The number of rotatable bonds is 2. The van der Waals surface area contributed by atoms with Gasteiger partial charge in [0.2, 0.25) is 0 Å². The Morgan fingerprint density at radius 1 is 1.18 bits per heavy atom. The van der Waals surface area contributed by atoms with E-state index >= 15 is 0 Å². The van der Waals surface area contributed by atoms with Crippen LogP contribution in [0.2, 0.25) is 0 Å². The van der Waals surface area contributed by atoms with Gasteiger partial charge in [0.05, 0.1) is 30.0 Å². The number of morpholine rings is 1. The van der Waals surface area contributed by atoms with Crippen molar-refractivity contribution in [2.75, 3.05) is 38.2 Å². The molecule has 1 N–H and O–H groups in total. The van der Waals surface area contributed by atoms with E-state index < -0.39 is 17.5 Å². The Bertz CT molecular complexity index is 849. The number of anilines is 1. The van der Waals surface area contributed by atoms with Gasteiger partial charge in [0, 0.05) is 25.2 Å². The van der Waals surface area contributed by atoms with E-state index in [4.69, 9.17) is 4.74 Å². The summed E-state index contributed by atoms with van der Waals surface area (Å²) in [6.07, 6.45) is -4.39. The zero-order chi connectivity index (χ0) is 20.1. The molecule has 0 spiro atoms. The molecule has 0 radical (unpaired) electrons. The first-order valence-corrected chi connectivity index (χ1v) is 9.06. The minimum Gasteiger partial charge on any atom is -0.507 e. The lowest BCUT2D eigenvalue weighted by Crippen LogP contribution is -2.51. The number of ether oxygens (including phenoxy) is 1. The molecule has 0 amide bonds. The number of aromatic nitrogens is 2. The average molecular weight is 394 g/mol. The molecule has 2 fully saturated rings. The molecule has 3 heterocycles. The number of benzene rings is 1. The van der Waals surface area contributed by atoms with Crippen LogP contribution >= 0.6 is 0 Å². The lowest BCUT2D eigenvalue weighted by Gasteiger charge is -2.37. The Morgan fingerprint density at radius 3 is 2.61 bits per heavy atom. The number of phenolic OH excluding ortho intramolecular Hbond substituents is 1. The molecule has 2 aliphatic heterocycles. The number of phenols is 1. The number of hydrogen-bond donors (Lipinski definition) is 1. The molecule has 1 aromatic carbocycles. The molecule has 0 saturated carbocycles. The molecule has 9 heteroatoms. The van der Waals surface area contributed by atoms with Crippen LogP contribution in [0.3, 0.4) is 0 Å². The SMILES string of the molecule is Cc1cc(C(F)(F)F)cc(O)c1-c1ccc(N2CCO[C@@H]3CN(C)C[C@H]32)nn1. The molecule has 0 unspecified atom stereocenters. The van der Waals surface area contributed by atoms with Crippen molar-refractivity contribution in [2.24, 2.45) is 0 Å². The number of hydrogen-bond acceptors (Lipinski definition) is 6. The van der Waals surface area contributed by atoms with E-state index in [1.807, 2.05) is 7.05 Å². The maximum absolute atomic E-state index is 12.9. The number of aryl methyl sites for hydroxylation is 1. The van der Waals surface area contributed by atoms with Crippen molar-refractivity contribution < 1.29 is 23.0 Å². The van der Waals surface area contributed by atoms with Crippen LogP contribution in [-0.2, 0) is 10.9 Å². The highest BCUT2D eigenvalue weighted by atomic mass is 19.4. The third kappa shape index (κ3) is 3.40. The van der Waals surface area contributed by atoms with Crippen molar-refractivity contribution >= 4 is 5.82 Å². The van der Waals surface area contributed by atoms with Crippen molar-refractivity contribution in [3.05, 3.63) is 35.4 Å². The number of alkyl halides is 3. The molecule has 150 valence electrons. The highest BCUT2D eigenvalue weighted by molar-refractivity contribution is 5.71. The van der Waals surface area contributed by atoms with E-state index in [2.05, 4.69) is 20.0 Å². The van der Waals surface area contributed by atoms with Gasteiger partial charge in [0.25, 0.3) is 0 Å². The van der Waals surface area contributed by atoms with E-state index in [-0.39, 0.29) is 17.7 Å². The van der Waals surface area contributed by atoms with Crippen LogP contribution in [0.25, 0.3) is 11.3 Å². The molecule has 1 aromatic heterocycles. The molecule has 2 aromatic rings. The van der Waals surface area contributed by atoms with Gasteiger partial charge in [-0.1, -0.05) is 0 Å². The van der Waals surface area contributed by atoms with E-state index in [0.717, 1.165) is 25.2 Å². The van der Waals surface area contributed by atoms with Crippen molar-refractivity contribution in [2.45, 2.75) is 25.2 Å². The Morgan fingerprint density at radius 2 is 1.96 bits per heavy atom. The molecule has 2 aliphatic rings. The minimum absolute atomic E-state index is 0.126. The van der Waals surface area contributed by atoms with Crippen LogP contribution in [0.5, 0.6) is 5.75 Å². The van der Waals surface area contributed by atoms with E-state index in [0.29, 0.717) is 30.2 Å². The van der Waals surface area contributed by atoms with Gasteiger partial charge in [-0.05, 0) is 43.8 Å². The Balaban J connectivity index is 1.62. The monoisotopic (exact) mass is 394 g/mol. The number of aromatic hydroxyl groups is 1. The first-order valence-electron chi connectivity index (χ1n) is 9.06. The second-order valence-corrected chi connectivity index (χ2v) is 7.35. The van der Waals surface area contributed by atoms with Gasteiger partial charge in [-0.25, -0.2) is 0 Å². The quantitative estimate of drug-likeness (QED) is 0.845. The topological polar surface area (TPSA) is 61.7 Å². The fourth-order valence-corrected chi connectivity index (χ4v) is 4.03. The van der Waals surface area contributed by atoms with Crippen molar-refractivity contribution in [3.63, 3.8) is 0 Å². The van der Waals surface area contributed by atoms with Crippen molar-refractivity contribution in [3.8, 4) is 17.0 Å². The summed E-state index contributed by atoms with van der Waals surface area (Å²) in [4.78, 5) is 4.37. The van der Waals surface area contributed by atoms with Crippen molar-refractivity contribution in [1.29, 1.82) is 0 Å². The van der Waals surface area contributed by atoms with E-state index in [9.17, 15) is 18.3 Å². The van der Waals surface area contributed by atoms with Gasteiger partial charge in [-0.3, -0.25) is 0 Å². The molecule has 6 nitrogen and oxygen atoms in total. The molecular formula is C19H21F3N4O2. The van der Waals surface area contributed by atoms with Crippen LogP contribution in [0.15, 0.2) is 24.3 Å². The number of nitrogens with zero attached hydrogens (tertiary/aromatic N) is 4. The summed E-state index contributed by atoms with van der Waals surface area (Å²) in [6, 6.07) is 5.39. The molecule has 2 saturated heterocycles. The second-order valence-electron chi connectivity index (χ2n) is 7.35. The zero-order valence-corrected chi connectivity index (χ0v) is 15.6. The fraction of sp³-hybridized carbons (Fsp3) is 0.474. The Kier molecular flexibility index (Phi) is 4.67. The standard InChI is InChI=1S/C19H21F3N4O2/c1-11-7-12(19(20,21)22)8-15(27)18(11)13-3-4-17(24-23-13)26-5-6-28-16-10-25(2)9-14(16)26/h3-4,7-8,14,16,27H,5-6,9-10H2,1-2H3/t14-,16-/m1/s1. The van der Waals surface area contributed by atoms with Crippen LogP contribution in [0.1, 0.15) is 11.1 Å². The summed E-state index contributed by atoms with van der Waals surface area (Å²) < 4.78 is 44.6. The maximum Gasteiger partial charge on any atom is 0.416 e. The predicted molar refractivity (Wildman–Crippen MR) is 97.2 cm³/mol. The molecule has 0 bridgehead atoms. The van der Waals surface area contributed by atoms with Gasteiger partial charge in [-0.15, -0.1) is 10.2 Å². The molecule has 2 atom stereocenters. The number of likely N-dealkylation sites (N-methyl/N-ethyl adjacent to an activating group) is 1. The van der Waals surface area contributed by atoms with Crippen LogP contribution < -0.4 is 4.90 Å². The fourth-order valence-electron chi connectivity index (χ4n) is 4.03. The number of likely N-dealkylation sites (tertiary alicyclic amines) is 1. The van der Waals surface area contributed by atoms with Gasteiger partial charge < -0.3 is 19.6 Å². The summed E-state index contributed by atoms with van der Waals surface area (Å²) in [5.41, 5.74) is -0.00732. The summed E-state index contributed by atoms with van der Waals surface area (Å²) >= 11 is 0. The lowest BCUT2D eigenvalue weighted by molar-refractivity contribution is -0.137. The maximum atomic E-state index is 12.9. The number of halogens is 3. The third-order valence-corrected chi connectivity index (χ3v) is 5.33. The smallest absolute Gasteiger partial charge is 0.416 e. The average Bonchev–Trinajstić information content (AvgIpc) is 3.01. The summed E-state index contributed by atoms with van der Waals surface area (Å²) in [5, 5.41) is 18.6. The zero-order valence-electron chi connectivity index (χ0n) is 15.6. The normalized spacial score (nSPS) is 23.1. The molecule has 28 heavy (non-hydrogen) atoms. The van der Waals surface area contributed by atoms with Crippen LogP contribution in [-0.4, -0.2) is 65.6 Å².